The minimum Gasteiger partial charge on any atom is -1.00 e. The van der Waals surface area contributed by atoms with Gasteiger partial charge in [-0.25, -0.2) is 12.1 Å². The molecule has 36 heavy (non-hydrogen) atoms. The number of hydrogen-bond acceptors (Lipinski definition) is 0. The maximum Gasteiger partial charge on any atom is -0.0253 e. The second-order valence-electron chi connectivity index (χ2n) is 10.5. The summed E-state index contributed by atoms with van der Waals surface area (Å²) in [6, 6.07) is 28.1. The van der Waals surface area contributed by atoms with Crippen molar-refractivity contribution in [2.45, 2.75) is 71.6 Å². The minimum atomic E-state index is 0. The van der Waals surface area contributed by atoms with Crippen molar-refractivity contribution in [3.8, 4) is 11.1 Å². The van der Waals surface area contributed by atoms with Gasteiger partial charge in [0.1, 0.15) is 0 Å². The van der Waals surface area contributed by atoms with Crippen LogP contribution in [-0.4, -0.2) is 3.21 Å². The molecule has 2 unspecified atom stereocenters. The first-order valence-corrected chi connectivity index (χ1v) is 14.7. The first-order valence-electron chi connectivity index (χ1n) is 13.5. The number of halogens is 2. The zero-order chi connectivity index (χ0) is 23.8. The Labute approximate surface area is 247 Å². The van der Waals surface area contributed by atoms with Crippen molar-refractivity contribution in [2.75, 3.05) is 0 Å². The Kier molecular flexibility index (Phi) is 14.1. The molecule has 2 saturated carbocycles. The topological polar surface area (TPSA) is 0 Å². The van der Waals surface area contributed by atoms with Crippen LogP contribution in [0.15, 0.2) is 72.8 Å². The molecular formula is C33H40Cl2Zr-2. The molecule has 0 N–H and O–H groups in total. The van der Waals surface area contributed by atoms with E-state index in [4.69, 9.17) is 0 Å². The number of hydrogen-bond donors (Lipinski definition) is 0. The average molecular weight is 599 g/mol. The average Bonchev–Trinajstić information content (AvgIpc) is 3.70. The van der Waals surface area contributed by atoms with E-state index in [1.807, 2.05) is 39.6 Å². The van der Waals surface area contributed by atoms with Crippen LogP contribution in [0.25, 0.3) is 11.1 Å². The van der Waals surface area contributed by atoms with Crippen LogP contribution in [0.4, 0.5) is 0 Å². The summed E-state index contributed by atoms with van der Waals surface area (Å²) in [5.74, 6) is 3.93. The van der Waals surface area contributed by atoms with E-state index in [-0.39, 0.29) is 24.8 Å². The molecule has 0 spiro atoms. The summed E-state index contributed by atoms with van der Waals surface area (Å²) in [5, 5.41) is 0. The van der Waals surface area contributed by atoms with E-state index in [1.54, 1.807) is 24.2 Å². The van der Waals surface area contributed by atoms with Gasteiger partial charge in [-0.05, 0) is 6.42 Å². The van der Waals surface area contributed by atoms with E-state index in [0.29, 0.717) is 0 Å². The fourth-order valence-electron chi connectivity index (χ4n) is 6.16. The summed E-state index contributed by atoms with van der Waals surface area (Å²) >= 11 is 1.73. The molecule has 3 aliphatic carbocycles. The van der Waals surface area contributed by atoms with E-state index >= 15 is 0 Å². The second kappa shape index (κ2) is 16.2. The molecular weight excluding hydrogens is 558 g/mol. The van der Waals surface area contributed by atoms with Crippen LogP contribution in [0.1, 0.15) is 76.3 Å². The van der Waals surface area contributed by atoms with Gasteiger partial charge >= 0.3 is 116 Å². The van der Waals surface area contributed by atoms with Crippen molar-refractivity contribution in [3.05, 3.63) is 90.0 Å². The summed E-state index contributed by atoms with van der Waals surface area (Å²) in [6.07, 6.45) is 13.1. The van der Waals surface area contributed by atoms with Crippen molar-refractivity contribution in [1.29, 1.82) is 0 Å². The van der Waals surface area contributed by atoms with Crippen LogP contribution >= 0.6 is 0 Å². The zero-order valence-corrected chi connectivity index (χ0v) is 25.8. The monoisotopic (exact) mass is 596 g/mol. The summed E-state index contributed by atoms with van der Waals surface area (Å²) < 4.78 is 1.91. The molecule has 0 bridgehead atoms. The van der Waals surface area contributed by atoms with Gasteiger partial charge in [-0.2, -0.15) is 48.0 Å². The molecule has 3 heteroatoms. The molecule has 0 aromatic heterocycles. The Bertz CT molecular complexity index is 929. The Morgan fingerprint density at radius 2 is 1.31 bits per heavy atom. The Morgan fingerprint density at radius 3 is 1.83 bits per heavy atom. The van der Waals surface area contributed by atoms with Gasteiger partial charge in [-0.1, -0.05) is 35.4 Å². The van der Waals surface area contributed by atoms with Crippen LogP contribution in [0.2, 0.25) is 0 Å². The minimum absolute atomic E-state index is 0. The molecule has 0 radical (unpaired) electrons. The fraction of sp³-hybridized carbons (Fsp3) is 0.455. The number of fused-ring (bicyclic) bond motifs is 3. The molecule has 2 atom stereocenters. The first-order chi connectivity index (χ1) is 16.6. The SMILES string of the molecule is CC([C](=[Zr+2])C(C)C1CCCC1)C1CCCC1.[Cl-].[Cl-].[c-]1cccc2c1Cc1ccccc1-2.c1cc[cH-]c1. The van der Waals surface area contributed by atoms with Crippen LogP contribution in [-0.2, 0) is 30.7 Å². The Morgan fingerprint density at radius 1 is 0.778 bits per heavy atom. The van der Waals surface area contributed by atoms with Gasteiger partial charge < -0.3 is 24.8 Å². The van der Waals surface area contributed by atoms with Gasteiger partial charge in [-0.15, -0.1) is 5.56 Å². The van der Waals surface area contributed by atoms with E-state index in [0.717, 1.165) is 30.1 Å². The van der Waals surface area contributed by atoms with Crippen LogP contribution in [0.5, 0.6) is 0 Å². The third-order valence-corrected chi connectivity index (χ3v) is 10.6. The van der Waals surface area contributed by atoms with Crippen molar-refractivity contribution in [1.82, 2.24) is 0 Å². The molecule has 0 amide bonds. The number of rotatable bonds is 4. The summed E-state index contributed by atoms with van der Waals surface area (Å²) in [7, 11) is 0. The summed E-state index contributed by atoms with van der Waals surface area (Å²) in [6.45, 7) is 5.04. The molecule has 192 valence electrons. The van der Waals surface area contributed by atoms with Crippen LogP contribution < -0.4 is 24.8 Å². The van der Waals surface area contributed by atoms with Crippen LogP contribution in [0, 0.1) is 29.7 Å². The zero-order valence-electron chi connectivity index (χ0n) is 21.9. The second-order valence-corrected chi connectivity index (χ2v) is 11.9. The molecule has 2 fully saturated rings. The molecule has 0 heterocycles. The van der Waals surface area contributed by atoms with Crippen LogP contribution in [0.3, 0.4) is 0 Å². The molecule has 0 aliphatic heterocycles. The predicted octanol–water partition coefficient (Wildman–Crippen LogP) is 2.83. The van der Waals surface area contributed by atoms with Crippen molar-refractivity contribution in [3.63, 3.8) is 0 Å². The van der Waals surface area contributed by atoms with Gasteiger partial charge in [0, 0.05) is 0 Å². The first kappa shape index (κ1) is 31.3. The van der Waals surface area contributed by atoms with Crippen molar-refractivity contribution >= 4 is 3.21 Å². The normalized spacial score (nSPS) is 17.7. The molecule has 3 aromatic carbocycles. The molecule has 6 rings (SSSR count). The largest absolute Gasteiger partial charge is 1.00 e. The van der Waals surface area contributed by atoms with E-state index in [2.05, 4.69) is 56.3 Å². The molecule has 3 aromatic rings. The Balaban J connectivity index is 0.000000205. The summed E-state index contributed by atoms with van der Waals surface area (Å²) in [5.41, 5.74) is 5.51. The standard InChI is InChI=1S/C15H26.C13H9.C5H5.2ClH.Zr/c1-12(14-7-3-4-8-14)11-13(2)15-9-5-6-10-15;1-3-7-12-10(5-1)9-11-6-2-4-8-13(11)12;1-2-4-5-3-1;;;/h12-15H,3-10H2,1-2H3;1-5,7-8H,9H2;1-5H;2*1H;/q;2*-1;;;+2/p-2. The Hall–Kier alpha value is -0.877. The van der Waals surface area contributed by atoms with E-state index < -0.39 is 0 Å². The van der Waals surface area contributed by atoms with Crippen molar-refractivity contribution in [2.24, 2.45) is 23.7 Å². The van der Waals surface area contributed by atoms with E-state index in [9.17, 15) is 0 Å². The van der Waals surface area contributed by atoms with Gasteiger partial charge in [0.15, 0.2) is 0 Å². The quantitative estimate of drug-likeness (QED) is 0.317. The van der Waals surface area contributed by atoms with Gasteiger partial charge in [0.25, 0.3) is 0 Å². The third-order valence-electron chi connectivity index (χ3n) is 8.37. The molecule has 3 aliphatic rings. The predicted molar refractivity (Wildman–Crippen MR) is 143 cm³/mol. The van der Waals surface area contributed by atoms with Crippen molar-refractivity contribution < 1.29 is 49.0 Å². The van der Waals surface area contributed by atoms with Gasteiger partial charge in [0.05, 0.1) is 0 Å². The molecule has 0 saturated heterocycles. The smallest absolute Gasteiger partial charge is 0.0253 e. The van der Waals surface area contributed by atoms with Gasteiger partial charge in [0.2, 0.25) is 0 Å². The molecule has 0 nitrogen and oxygen atoms in total. The fourth-order valence-corrected chi connectivity index (χ4v) is 7.31. The third kappa shape index (κ3) is 8.31. The van der Waals surface area contributed by atoms with E-state index in [1.165, 1.54) is 73.6 Å². The maximum atomic E-state index is 3.30. The summed E-state index contributed by atoms with van der Waals surface area (Å²) in [4.78, 5) is 0. The number of benzene rings is 2. The van der Waals surface area contributed by atoms with Gasteiger partial charge in [-0.3, -0.25) is 0 Å². The maximum absolute atomic E-state index is 3.30.